The topological polar surface area (TPSA) is 94.9 Å². The molecule has 1 N–H and O–H groups in total. The Bertz CT molecular complexity index is 1410. The van der Waals surface area contributed by atoms with Crippen LogP contribution in [-0.4, -0.2) is 31.8 Å². The molecule has 4 heterocycles. The van der Waals surface area contributed by atoms with Gasteiger partial charge in [-0.2, -0.15) is 0 Å². The molecule has 152 valence electrons. The Labute approximate surface area is 176 Å². The molecule has 1 aliphatic heterocycles. The van der Waals surface area contributed by atoms with Crippen molar-refractivity contribution in [1.29, 1.82) is 0 Å². The van der Waals surface area contributed by atoms with E-state index in [1.165, 1.54) is 0 Å². The van der Waals surface area contributed by atoms with Crippen LogP contribution in [0.2, 0.25) is 0 Å². The lowest BCUT2D eigenvalue weighted by atomic mass is 9.84. The summed E-state index contributed by atoms with van der Waals surface area (Å²) >= 11 is 0. The fraction of sp³-hybridized carbons (Fsp3) is 0.0870. The van der Waals surface area contributed by atoms with Gasteiger partial charge in [0.1, 0.15) is 23.6 Å². The van der Waals surface area contributed by atoms with E-state index in [2.05, 4.69) is 10.1 Å². The Morgan fingerprint density at radius 3 is 2.74 bits per heavy atom. The van der Waals surface area contributed by atoms with Crippen LogP contribution in [0.25, 0.3) is 17.2 Å². The van der Waals surface area contributed by atoms with Gasteiger partial charge >= 0.3 is 0 Å². The summed E-state index contributed by atoms with van der Waals surface area (Å²) < 4.78 is 18.5. The predicted octanol–water partition coefficient (Wildman–Crippen LogP) is 4.38. The average molecular weight is 412 g/mol. The second-order valence-corrected chi connectivity index (χ2v) is 7.17. The molecule has 0 aliphatic carbocycles. The van der Waals surface area contributed by atoms with E-state index in [0.717, 1.165) is 22.4 Å². The number of fused-ring (bicyclic) bond motifs is 4. The largest absolute Gasteiger partial charge is 0.508 e. The normalized spacial score (nSPS) is 14.7. The van der Waals surface area contributed by atoms with E-state index in [1.807, 2.05) is 36.4 Å². The number of nitrogens with zero attached hydrogens (tertiary/aromatic N) is 4. The lowest BCUT2D eigenvalue weighted by Gasteiger charge is -2.27. The number of aromatic nitrogens is 4. The number of furan rings is 1. The van der Waals surface area contributed by atoms with Gasteiger partial charge in [-0.1, -0.05) is 18.2 Å². The van der Waals surface area contributed by atoms with E-state index in [1.54, 1.807) is 42.4 Å². The SMILES string of the molecule is COc1ccc([C@H]2c3ccc(O)cc3Oc3ncn4nc(-c5ccco5)nc4c32)cc1. The molecule has 1 aliphatic rings. The molecule has 0 fully saturated rings. The smallest absolute Gasteiger partial charge is 0.228 e. The van der Waals surface area contributed by atoms with Crippen LogP contribution in [0.15, 0.2) is 71.6 Å². The Hall–Kier alpha value is -4.33. The van der Waals surface area contributed by atoms with Gasteiger partial charge in [0, 0.05) is 17.5 Å². The average Bonchev–Trinajstić information content (AvgIpc) is 3.47. The van der Waals surface area contributed by atoms with E-state index in [-0.39, 0.29) is 11.7 Å². The minimum absolute atomic E-state index is 0.124. The zero-order valence-electron chi connectivity index (χ0n) is 16.4. The van der Waals surface area contributed by atoms with Gasteiger partial charge in [-0.15, -0.1) is 5.10 Å². The van der Waals surface area contributed by atoms with Gasteiger partial charge in [-0.3, -0.25) is 0 Å². The van der Waals surface area contributed by atoms with Crippen LogP contribution in [-0.2, 0) is 0 Å². The van der Waals surface area contributed by atoms with Crippen LogP contribution in [0, 0.1) is 0 Å². The molecule has 0 saturated heterocycles. The number of methoxy groups -OCH3 is 1. The quantitative estimate of drug-likeness (QED) is 0.461. The summed E-state index contributed by atoms with van der Waals surface area (Å²) in [4.78, 5) is 9.21. The minimum atomic E-state index is -0.227. The van der Waals surface area contributed by atoms with Gasteiger partial charge in [0.05, 0.1) is 18.9 Å². The predicted molar refractivity (Wildman–Crippen MR) is 111 cm³/mol. The number of phenolic OH excluding ortho intramolecular Hbond substituents is 1. The van der Waals surface area contributed by atoms with Crippen molar-refractivity contribution in [3.8, 4) is 34.7 Å². The lowest BCUT2D eigenvalue weighted by molar-refractivity contribution is 0.414. The molecule has 0 bridgehead atoms. The van der Waals surface area contributed by atoms with Crippen LogP contribution in [0.4, 0.5) is 0 Å². The number of ether oxygens (including phenoxy) is 2. The Morgan fingerprint density at radius 1 is 1.10 bits per heavy atom. The fourth-order valence-electron chi connectivity index (χ4n) is 3.96. The molecule has 6 rings (SSSR count). The summed E-state index contributed by atoms with van der Waals surface area (Å²) in [5.74, 6) is 2.67. The van der Waals surface area contributed by atoms with Crippen LogP contribution in [0.5, 0.6) is 23.1 Å². The number of benzene rings is 2. The number of phenols is 1. The maximum absolute atomic E-state index is 9.99. The van der Waals surface area contributed by atoms with Crippen molar-refractivity contribution in [3.63, 3.8) is 0 Å². The summed E-state index contributed by atoms with van der Waals surface area (Å²) in [6.07, 6.45) is 3.15. The third-order valence-corrected chi connectivity index (χ3v) is 5.38. The molecule has 0 radical (unpaired) electrons. The second kappa shape index (κ2) is 6.60. The second-order valence-electron chi connectivity index (χ2n) is 7.17. The zero-order valence-corrected chi connectivity index (χ0v) is 16.4. The molecule has 8 heteroatoms. The summed E-state index contributed by atoms with van der Waals surface area (Å²) in [6, 6.07) is 16.5. The highest BCUT2D eigenvalue weighted by Gasteiger charge is 2.33. The molecule has 31 heavy (non-hydrogen) atoms. The number of rotatable bonds is 3. The highest BCUT2D eigenvalue weighted by molar-refractivity contribution is 5.68. The van der Waals surface area contributed by atoms with Crippen molar-refractivity contribution < 1.29 is 19.0 Å². The van der Waals surface area contributed by atoms with Crippen molar-refractivity contribution in [1.82, 2.24) is 19.6 Å². The summed E-state index contributed by atoms with van der Waals surface area (Å²) in [6.45, 7) is 0. The first-order valence-corrected chi connectivity index (χ1v) is 9.65. The molecular weight excluding hydrogens is 396 g/mol. The van der Waals surface area contributed by atoms with E-state index in [9.17, 15) is 5.11 Å². The third-order valence-electron chi connectivity index (χ3n) is 5.38. The van der Waals surface area contributed by atoms with Gasteiger partial charge in [-0.25, -0.2) is 14.5 Å². The Balaban J connectivity index is 1.61. The van der Waals surface area contributed by atoms with Crippen LogP contribution < -0.4 is 9.47 Å². The maximum Gasteiger partial charge on any atom is 0.228 e. The number of aromatic hydroxyl groups is 1. The van der Waals surface area contributed by atoms with Crippen molar-refractivity contribution in [2.75, 3.05) is 7.11 Å². The van der Waals surface area contributed by atoms with Crippen molar-refractivity contribution in [2.24, 2.45) is 0 Å². The number of hydrogen-bond acceptors (Lipinski definition) is 7. The molecule has 0 amide bonds. The van der Waals surface area contributed by atoms with Gasteiger partial charge < -0.3 is 19.0 Å². The fourth-order valence-corrected chi connectivity index (χ4v) is 3.96. The third kappa shape index (κ3) is 2.72. The highest BCUT2D eigenvalue weighted by atomic mass is 16.5. The molecule has 0 unspecified atom stereocenters. The number of hydrogen-bond donors (Lipinski definition) is 1. The summed E-state index contributed by atoms with van der Waals surface area (Å²) in [5, 5.41) is 14.5. The van der Waals surface area contributed by atoms with E-state index < -0.39 is 0 Å². The first-order chi connectivity index (χ1) is 15.2. The zero-order chi connectivity index (χ0) is 20.9. The molecular formula is C23H16N4O4. The molecule has 3 aromatic heterocycles. The highest BCUT2D eigenvalue weighted by Crippen LogP contribution is 2.48. The van der Waals surface area contributed by atoms with Gasteiger partial charge in [0.15, 0.2) is 11.4 Å². The Kier molecular flexibility index (Phi) is 3.73. The maximum atomic E-state index is 9.99. The van der Waals surface area contributed by atoms with Crippen molar-refractivity contribution >= 4 is 5.65 Å². The van der Waals surface area contributed by atoms with Gasteiger partial charge in [0.25, 0.3) is 0 Å². The van der Waals surface area contributed by atoms with E-state index in [4.69, 9.17) is 18.9 Å². The molecule has 0 spiro atoms. The van der Waals surface area contributed by atoms with E-state index >= 15 is 0 Å². The van der Waals surface area contributed by atoms with Crippen LogP contribution in [0.1, 0.15) is 22.6 Å². The van der Waals surface area contributed by atoms with Crippen molar-refractivity contribution in [3.05, 3.63) is 83.9 Å². The van der Waals surface area contributed by atoms with Crippen LogP contribution >= 0.6 is 0 Å². The summed E-state index contributed by atoms with van der Waals surface area (Å²) in [5.41, 5.74) is 3.31. The van der Waals surface area contributed by atoms with E-state index in [0.29, 0.717) is 28.9 Å². The Morgan fingerprint density at radius 2 is 1.97 bits per heavy atom. The molecule has 0 saturated carbocycles. The molecule has 8 nitrogen and oxygen atoms in total. The lowest BCUT2D eigenvalue weighted by Crippen LogP contribution is -2.15. The molecule has 2 aromatic carbocycles. The molecule has 5 aromatic rings. The standard InChI is InChI=1S/C23H16N4O4/c1-29-15-7-4-13(5-8-15)19-16-9-6-14(28)11-18(16)31-23-20(19)22-25-21(17-3-2-10-30-17)26-27(22)12-24-23/h2-12,19,28H,1H3/t19-/m0/s1. The first-order valence-electron chi connectivity index (χ1n) is 9.65. The van der Waals surface area contributed by atoms with Gasteiger partial charge in [0.2, 0.25) is 11.7 Å². The first kappa shape index (κ1) is 17.5. The minimum Gasteiger partial charge on any atom is -0.508 e. The van der Waals surface area contributed by atoms with Gasteiger partial charge in [-0.05, 0) is 35.9 Å². The monoisotopic (exact) mass is 412 g/mol. The van der Waals surface area contributed by atoms with Crippen molar-refractivity contribution in [2.45, 2.75) is 5.92 Å². The summed E-state index contributed by atoms with van der Waals surface area (Å²) in [7, 11) is 1.64. The van der Waals surface area contributed by atoms with Crippen LogP contribution in [0.3, 0.4) is 0 Å². The molecule has 1 atom stereocenters.